The van der Waals surface area contributed by atoms with Crippen LogP contribution in [0.5, 0.6) is 11.5 Å². The van der Waals surface area contributed by atoms with Crippen molar-refractivity contribution in [3.63, 3.8) is 0 Å². The van der Waals surface area contributed by atoms with Crippen molar-refractivity contribution in [2.24, 2.45) is 0 Å². The average Bonchev–Trinajstić information content (AvgIpc) is 2.68. The summed E-state index contributed by atoms with van der Waals surface area (Å²) in [5.41, 5.74) is 2.35. The Labute approximate surface area is 166 Å². The molecule has 0 aliphatic rings. The monoisotopic (exact) mass is 459 g/mol. The molecular formula is C21H18INO3. The van der Waals surface area contributed by atoms with E-state index in [1.807, 2.05) is 54.6 Å². The first-order chi connectivity index (χ1) is 12.7. The molecule has 0 aliphatic heterocycles. The smallest absolute Gasteiger partial charge is 0.255 e. The molecule has 1 amide bonds. The van der Waals surface area contributed by atoms with E-state index in [-0.39, 0.29) is 5.91 Å². The number of nitrogens with one attached hydrogen (secondary N) is 1. The van der Waals surface area contributed by atoms with Gasteiger partial charge in [-0.1, -0.05) is 42.5 Å². The van der Waals surface area contributed by atoms with Crippen molar-refractivity contribution in [1.29, 1.82) is 0 Å². The van der Waals surface area contributed by atoms with Gasteiger partial charge in [-0.3, -0.25) is 4.79 Å². The highest BCUT2D eigenvalue weighted by atomic mass is 127. The number of ether oxygens (including phenoxy) is 2. The molecule has 1 N–H and O–H groups in total. The van der Waals surface area contributed by atoms with Gasteiger partial charge in [0.15, 0.2) is 11.5 Å². The molecule has 0 saturated carbocycles. The van der Waals surface area contributed by atoms with Gasteiger partial charge in [-0.05, 0) is 58.5 Å². The number of halogens is 1. The van der Waals surface area contributed by atoms with Crippen LogP contribution in [0.3, 0.4) is 0 Å². The maximum Gasteiger partial charge on any atom is 0.255 e. The zero-order valence-corrected chi connectivity index (χ0v) is 16.4. The van der Waals surface area contributed by atoms with Crippen LogP contribution in [0.25, 0.3) is 0 Å². The largest absolute Gasteiger partial charge is 0.493 e. The Kier molecular flexibility index (Phi) is 6.12. The quantitative estimate of drug-likeness (QED) is 0.520. The first kappa shape index (κ1) is 18.3. The highest BCUT2D eigenvalue weighted by Crippen LogP contribution is 2.29. The Bertz CT molecular complexity index is 897. The van der Waals surface area contributed by atoms with E-state index in [0.29, 0.717) is 23.7 Å². The second-order valence-corrected chi connectivity index (χ2v) is 6.74. The van der Waals surface area contributed by atoms with Crippen LogP contribution in [0.1, 0.15) is 15.9 Å². The fourth-order valence-corrected chi connectivity index (χ4v) is 2.94. The molecule has 0 saturated heterocycles. The van der Waals surface area contributed by atoms with E-state index >= 15 is 0 Å². The van der Waals surface area contributed by atoms with Crippen LogP contribution in [0.4, 0.5) is 5.69 Å². The van der Waals surface area contributed by atoms with Crippen LogP contribution in [0.2, 0.25) is 0 Å². The third-order valence-corrected chi connectivity index (χ3v) is 4.73. The van der Waals surface area contributed by atoms with E-state index in [9.17, 15) is 4.79 Å². The fraction of sp³-hybridized carbons (Fsp3) is 0.0952. The standard InChI is InChI=1S/C21H18INO3/c1-25-20-13-16(21(24)23-18-10-6-5-9-17(18)22)11-12-19(20)26-14-15-7-3-2-4-8-15/h2-13H,14H2,1H3,(H,23,24). The van der Waals surface area contributed by atoms with Crippen LogP contribution in [0.15, 0.2) is 72.8 Å². The predicted molar refractivity (Wildman–Crippen MR) is 111 cm³/mol. The van der Waals surface area contributed by atoms with Crippen molar-refractivity contribution < 1.29 is 14.3 Å². The Balaban J connectivity index is 1.73. The van der Waals surface area contributed by atoms with E-state index < -0.39 is 0 Å². The first-order valence-electron chi connectivity index (χ1n) is 8.08. The van der Waals surface area contributed by atoms with E-state index in [1.165, 1.54) is 0 Å². The molecule has 4 nitrogen and oxygen atoms in total. The number of rotatable bonds is 6. The summed E-state index contributed by atoms with van der Waals surface area (Å²) in [5, 5.41) is 2.91. The van der Waals surface area contributed by atoms with Gasteiger partial charge >= 0.3 is 0 Å². The minimum absolute atomic E-state index is 0.193. The van der Waals surface area contributed by atoms with Gasteiger partial charge in [0, 0.05) is 9.13 Å². The first-order valence-corrected chi connectivity index (χ1v) is 9.16. The fourth-order valence-electron chi connectivity index (χ4n) is 2.42. The number of carbonyl (C=O) groups is 1. The van der Waals surface area contributed by atoms with Crippen molar-refractivity contribution in [2.75, 3.05) is 12.4 Å². The summed E-state index contributed by atoms with van der Waals surface area (Å²) in [7, 11) is 1.56. The molecule has 3 aromatic rings. The summed E-state index contributed by atoms with van der Waals surface area (Å²) < 4.78 is 12.2. The lowest BCUT2D eigenvalue weighted by Crippen LogP contribution is -2.13. The number of benzene rings is 3. The molecule has 0 bridgehead atoms. The maximum absolute atomic E-state index is 12.5. The van der Waals surface area contributed by atoms with E-state index in [2.05, 4.69) is 27.9 Å². The van der Waals surface area contributed by atoms with Crippen molar-refractivity contribution >= 4 is 34.2 Å². The molecule has 26 heavy (non-hydrogen) atoms. The topological polar surface area (TPSA) is 47.6 Å². The zero-order chi connectivity index (χ0) is 18.4. The van der Waals surface area contributed by atoms with Crippen molar-refractivity contribution in [1.82, 2.24) is 0 Å². The van der Waals surface area contributed by atoms with Gasteiger partial charge in [0.2, 0.25) is 0 Å². The number of methoxy groups -OCH3 is 1. The molecule has 3 rings (SSSR count). The van der Waals surface area contributed by atoms with Crippen LogP contribution in [-0.2, 0) is 6.61 Å². The van der Waals surface area contributed by atoms with Crippen LogP contribution >= 0.6 is 22.6 Å². The highest BCUT2D eigenvalue weighted by Gasteiger charge is 2.12. The predicted octanol–water partition coefficient (Wildman–Crippen LogP) is 5.13. The Hall–Kier alpha value is -2.54. The lowest BCUT2D eigenvalue weighted by atomic mass is 10.1. The van der Waals surface area contributed by atoms with Crippen LogP contribution in [-0.4, -0.2) is 13.0 Å². The Morgan fingerprint density at radius 1 is 0.962 bits per heavy atom. The molecule has 0 fully saturated rings. The van der Waals surface area contributed by atoms with Gasteiger partial charge in [0.05, 0.1) is 12.8 Å². The number of hydrogen-bond donors (Lipinski definition) is 1. The van der Waals surface area contributed by atoms with E-state index in [1.54, 1.807) is 25.3 Å². The van der Waals surface area contributed by atoms with Gasteiger partial charge in [-0.25, -0.2) is 0 Å². The molecule has 132 valence electrons. The van der Waals surface area contributed by atoms with Crippen molar-refractivity contribution in [2.45, 2.75) is 6.61 Å². The summed E-state index contributed by atoms with van der Waals surface area (Å²) in [5.74, 6) is 0.931. The number of amides is 1. The molecule has 0 heterocycles. The SMILES string of the molecule is COc1cc(C(=O)Nc2ccccc2I)ccc1OCc1ccccc1. The number of hydrogen-bond acceptors (Lipinski definition) is 3. The molecule has 0 radical (unpaired) electrons. The summed E-state index contributed by atoms with van der Waals surface area (Å²) in [6, 6.07) is 22.7. The molecular weight excluding hydrogens is 441 g/mol. The van der Waals surface area contributed by atoms with Gasteiger partial charge in [0.1, 0.15) is 6.61 Å². The Morgan fingerprint density at radius 3 is 2.42 bits per heavy atom. The number of para-hydroxylation sites is 1. The average molecular weight is 459 g/mol. The maximum atomic E-state index is 12.5. The van der Waals surface area contributed by atoms with E-state index in [4.69, 9.17) is 9.47 Å². The molecule has 0 unspecified atom stereocenters. The number of carbonyl (C=O) groups excluding carboxylic acids is 1. The highest BCUT2D eigenvalue weighted by molar-refractivity contribution is 14.1. The van der Waals surface area contributed by atoms with Crippen molar-refractivity contribution in [3.8, 4) is 11.5 Å². The Morgan fingerprint density at radius 2 is 1.69 bits per heavy atom. The second kappa shape index (κ2) is 8.71. The third-order valence-electron chi connectivity index (χ3n) is 3.79. The zero-order valence-electron chi connectivity index (χ0n) is 14.2. The molecule has 5 heteroatoms. The van der Waals surface area contributed by atoms with Gasteiger partial charge in [0.25, 0.3) is 5.91 Å². The molecule has 0 aliphatic carbocycles. The summed E-state index contributed by atoms with van der Waals surface area (Å²) >= 11 is 2.19. The minimum atomic E-state index is -0.193. The molecule has 0 spiro atoms. The van der Waals surface area contributed by atoms with Crippen LogP contribution < -0.4 is 14.8 Å². The van der Waals surface area contributed by atoms with Gasteiger partial charge in [-0.2, -0.15) is 0 Å². The lowest BCUT2D eigenvalue weighted by Gasteiger charge is -2.13. The van der Waals surface area contributed by atoms with E-state index in [0.717, 1.165) is 14.8 Å². The molecule has 0 atom stereocenters. The second-order valence-electron chi connectivity index (χ2n) is 5.57. The normalized spacial score (nSPS) is 10.2. The molecule has 0 aromatic heterocycles. The van der Waals surface area contributed by atoms with Crippen molar-refractivity contribution in [3.05, 3.63) is 87.5 Å². The summed E-state index contributed by atoms with van der Waals surface area (Å²) in [6.45, 7) is 0.435. The summed E-state index contributed by atoms with van der Waals surface area (Å²) in [4.78, 5) is 12.5. The van der Waals surface area contributed by atoms with Crippen LogP contribution in [0, 0.1) is 3.57 Å². The van der Waals surface area contributed by atoms with Gasteiger partial charge < -0.3 is 14.8 Å². The lowest BCUT2D eigenvalue weighted by molar-refractivity contribution is 0.102. The minimum Gasteiger partial charge on any atom is -0.493 e. The third kappa shape index (κ3) is 4.54. The number of anilines is 1. The van der Waals surface area contributed by atoms with Gasteiger partial charge in [-0.15, -0.1) is 0 Å². The molecule has 3 aromatic carbocycles. The summed E-state index contributed by atoms with van der Waals surface area (Å²) in [6.07, 6.45) is 0.